The second-order valence-electron chi connectivity index (χ2n) is 6.07. The highest BCUT2D eigenvalue weighted by atomic mass is 32.1. The number of aromatic nitrogens is 4. The molecule has 0 amide bonds. The molecule has 1 atom stereocenters. The highest BCUT2D eigenvalue weighted by Gasteiger charge is 2.26. The number of piperidine rings is 1. The number of likely N-dealkylation sites (tertiary alicyclic amines) is 1. The molecule has 4 rings (SSSR count). The molecule has 120 valence electrons. The Morgan fingerprint density at radius 3 is 3.13 bits per heavy atom. The van der Waals surface area contributed by atoms with Crippen molar-refractivity contribution in [2.45, 2.75) is 38.8 Å². The lowest BCUT2D eigenvalue weighted by Crippen LogP contribution is -2.33. The van der Waals surface area contributed by atoms with Gasteiger partial charge in [0.1, 0.15) is 5.01 Å². The van der Waals surface area contributed by atoms with E-state index in [1.165, 1.54) is 22.4 Å². The van der Waals surface area contributed by atoms with Gasteiger partial charge in [-0.05, 0) is 26.3 Å². The van der Waals surface area contributed by atoms with E-state index >= 15 is 0 Å². The van der Waals surface area contributed by atoms with Gasteiger partial charge < -0.3 is 0 Å². The SMILES string of the molecule is Cc1cc2nc(CN3CCCCC3c3nccs3)cc(=O)n2[nH]1. The Morgan fingerprint density at radius 1 is 1.39 bits per heavy atom. The van der Waals surface area contributed by atoms with Crippen LogP contribution in [0.5, 0.6) is 0 Å². The molecular weight excluding hydrogens is 310 g/mol. The van der Waals surface area contributed by atoms with Crippen LogP contribution in [-0.2, 0) is 6.54 Å². The van der Waals surface area contributed by atoms with Crippen molar-refractivity contribution < 1.29 is 0 Å². The molecule has 4 heterocycles. The number of fused-ring (bicyclic) bond motifs is 1. The van der Waals surface area contributed by atoms with E-state index in [4.69, 9.17) is 0 Å². The van der Waals surface area contributed by atoms with Gasteiger partial charge in [0.15, 0.2) is 5.65 Å². The minimum Gasteiger partial charge on any atom is -0.294 e. The summed E-state index contributed by atoms with van der Waals surface area (Å²) in [6.45, 7) is 3.65. The van der Waals surface area contributed by atoms with Crippen molar-refractivity contribution in [2.75, 3.05) is 6.54 Å². The number of thiazole rings is 1. The van der Waals surface area contributed by atoms with Crippen LogP contribution in [0.2, 0.25) is 0 Å². The summed E-state index contributed by atoms with van der Waals surface area (Å²) in [5.41, 5.74) is 2.40. The van der Waals surface area contributed by atoms with E-state index < -0.39 is 0 Å². The Labute approximate surface area is 137 Å². The fourth-order valence-electron chi connectivity index (χ4n) is 3.31. The largest absolute Gasteiger partial charge is 0.294 e. The van der Waals surface area contributed by atoms with Crippen molar-refractivity contribution >= 4 is 17.0 Å². The molecule has 23 heavy (non-hydrogen) atoms. The molecular formula is C16H19N5OS. The predicted octanol–water partition coefficient (Wildman–Crippen LogP) is 2.51. The zero-order valence-electron chi connectivity index (χ0n) is 13.0. The molecule has 1 N–H and O–H groups in total. The zero-order valence-corrected chi connectivity index (χ0v) is 13.8. The Kier molecular flexibility index (Phi) is 3.74. The van der Waals surface area contributed by atoms with E-state index in [0.29, 0.717) is 18.2 Å². The van der Waals surface area contributed by atoms with Crippen LogP contribution in [0, 0.1) is 6.92 Å². The van der Waals surface area contributed by atoms with Gasteiger partial charge in [0.05, 0.1) is 11.7 Å². The Bertz CT molecular complexity index is 866. The summed E-state index contributed by atoms with van der Waals surface area (Å²) in [6.07, 6.45) is 5.41. The number of nitrogens with zero attached hydrogens (tertiary/aromatic N) is 4. The topological polar surface area (TPSA) is 66.3 Å². The van der Waals surface area contributed by atoms with Crippen LogP contribution < -0.4 is 5.56 Å². The molecule has 3 aromatic rings. The van der Waals surface area contributed by atoms with E-state index in [9.17, 15) is 4.79 Å². The lowest BCUT2D eigenvalue weighted by Gasteiger charge is -2.34. The standard InChI is InChI=1S/C16H19N5OS/c1-11-8-14-18-12(9-15(22)21(14)19-11)10-20-6-3-2-4-13(20)16-17-5-7-23-16/h5,7-9,13,19H,2-4,6,10H2,1H3. The minimum atomic E-state index is -0.0547. The third kappa shape index (κ3) is 2.82. The van der Waals surface area contributed by atoms with Crippen LogP contribution in [0.15, 0.2) is 28.5 Å². The molecule has 7 heteroatoms. The van der Waals surface area contributed by atoms with E-state index in [-0.39, 0.29) is 5.56 Å². The van der Waals surface area contributed by atoms with Crippen LogP contribution in [0.25, 0.3) is 5.65 Å². The maximum absolute atomic E-state index is 12.2. The molecule has 1 fully saturated rings. The summed E-state index contributed by atoms with van der Waals surface area (Å²) in [5, 5.41) is 6.20. The van der Waals surface area contributed by atoms with E-state index in [0.717, 1.165) is 24.4 Å². The first-order valence-electron chi connectivity index (χ1n) is 7.92. The lowest BCUT2D eigenvalue weighted by molar-refractivity contribution is 0.138. The normalized spacial score (nSPS) is 19.4. The Hall–Kier alpha value is -1.99. The molecule has 1 aliphatic heterocycles. The molecule has 3 aromatic heterocycles. The van der Waals surface area contributed by atoms with Gasteiger partial charge in [0.25, 0.3) is 5.56 Å². The number of aryl methyl sites for hydroxylation is 1. The van der Waals surface area contributed by atoms with Crippen LogP contribution in [-0.4, -0.2) is 31.0 Å². The van der Waals surface area contributed by atoms with E-state index in [1.54, 1.807) is 17.4 Å². The van der Waals surface area contributed by atoms with E-state index in [1.807, 2.05) is 24.6 Å². The summed E-state index contributed by atoms with van der Waals surface area (Å²) in [7, 11) is 0. The molecule has 0 aliphatic carbocycles. The number of rotatable bonds is 3. The van der Waals surface area contributed by atoms with Gasteiger partial charge in [0.2, 0.25) is 0 Å². The van der Waals surface area contributed by atoms with Gasteiger partial charge in [-0.3, -0.25) is 14.8 Å². The molecule has 0 saturated carbocycles. The summed E-state index contributed by atoms with van der Waals surface area (Å²) >= 11 is 1.71. The van der Waals surface area contributed by atoms with Crippen molar-refractivity contribution in [3.63, 3.8) is 0 Å². The summed E-state index contributed by atoms with van der Waals surface area (Å²) in [4.78, 5) is 23.8. The molecule has 1 aliphatic rings. The van der Waals surface area contributed by atoms with Crippen molar-refractivity contribution in [1.29, 1.82) is 0 Å². The van der Waals surface area contributed by atoms with Gasteiger partial charge in [-0.2, -0.15) is 0 Å². The third-order valence-electron chi connectivity index (χ3n) is 4.35. The van der Waals surface area contributed by atoms with Gasteiger partial charge in [-0.25, -0.2) is 14.5 Å². The van der Waals surface area contributed by atoms with Gasteiger partial charge in [-0.1, -0.05) is 6.42 Å². The second kappa shape index (κ2) is 5.90. The monoisotopic (exact) mass is 329 g/mol. The first-order valence-corrected chi connectivity index (χ1v) is 8.80. The first kappa shape index (κ1) is 14.6. The average molecular weight is 329 g/mol. The summed E-state index contributed by atoms with van der Waals surface area (Å²) in [6, 6.07) is 3.88. The van der Waals surface area contributed by atoms with Crippen molar-refractivity contribution in [3.8, 4) is 0 Å². The molecule has 0 bridgehead atoms. The first-order chi connectivity index (χ1) is 11.2. The van der Waals surface area contributed by atoms with Gasteiger partial charge in [-0.15, -0.1) is 11.3 Å². The molecule has 0 radical (unpaired) electrons. The number of nitrogens with one attached hydrogen (secondary N) is 1. The average Bonchev–Trinajstić information content (AvgIpc) is 3.17. The number of hydrogen-bond acceptors (Lipinski definition) is 5. The van der Waals surface area contributed by atoms with E-state index in [2.05, 4.69) is 20.0 Å². The number of hydrogen-bond donors (Lipinski definition) is 1. The molecule has 1 saturated heterocycles. The minimum absolute atomic E-state index is 0.0547. The molecule has 0 spiro atoms. The maximum Gasteiger partial charge on any atom is 0.272 e. The third-order valence-corrected chi connectivity index (χ3v) is 5.22. The molecule has 1 unspecified atom stereocenters. The fraction of sp³-hybridized carbons (Fsp3) is 0.438. The highest BCUT2D eigenvalue weighted by molar-refractivity contribution is 7.09. The van der Waals surface area contributed by atoms with Gasteiger partial charge >= 0.3 is 0 Å². The van der Waals surface area contributed by atoms with Crippen LogP contribution >= 0.6 is 11.3 Å². The molecule has 0 aromatic carbocycles. The number of aromatic amines is 1. The van der Waals surface area contributed by atoms with Crippen LogP contribution in [0.3, 0.4) is 0 Å². The predicted molar refractivity (Wildman–Crippen MR) is 89.7 cm³/mol. The van der Waals surface area contributed by atoms with Crippen LogP contribution in [0.4, 0.5) is 0 Å². The Morgan fingerprint density at radius 2 is 2.30 bits per heavy atom. The number of H-pyrrole nitrogens is 1. The van der Waals surface area contributed by atoms with Crippen molar-refractivity contribution in [1.82, 2.24) is 24.5 Å². The summed E-state index contributed by atoms with van der Waals surface area (Å²) < 4.78 is 1.49. The van der Waals surface area contributed by atoms with Crippen LogP contribution in [0.1, 0.15) is 41.7 Å². The summed E-state index contributed by atoms with van der Waals surface area (Å²) in [5.74, 6) is 0. The quantitative estimate of drug-likeness (QED) is 0.802. The van der Waals surface area contributed by atoms with Crippen molar-refractivity contribution in [3.05, 3.63) is 50.5 Å². The van der Waals surface area contributed by atoms with Gasteiger partial charge in [0, 0.05) is 35.9 Å². The Balaban J connectivity index is 1.64. The maximum atomic E-state index is 12.2. The fourth-order valence-corrected chi connectivity index (χ4v) is 4.12. The second-order valence-corrected chi connectivity index (χ2v) is 7.00. The molecule has 6 nitrogen and oxygen atoms in total. The zero-order chi connectivity index (χ0) is 15.8. The van der Waals surface area contributed by atoms with Crippen molar-refractivity contribution in [2.24, 2.45) is 0 Å². The lowest BCUT2D eigenvalue weighted by atomic mass is 10.0. The smallest absolute Gasteiger partial charge is 0.272 e. The highest BCUT2D eigenvalue weighted by Crippen LogP contribution is 2.32.